The lowest BCUT2D eigenvalue weighted by molar-refractivity contribution is 0.0692. The number of benzene rings is 2. The highest BCUT2D eigenvalue weighted by atomic mass is 32.2. The molecule has 0 radical (unpaired) electrons. The standard InChI is InChI=1S/C25H22FN3O4S2/c1-12(2)20-21(15-4-3-5-17-24(15)34-19(28-17)7-9-35(32)33)23(25(30)31)29-22(20)16-10-13(26)11-18-14(16)6-8-27-18/h3-6,8,10-12,27,29H,7,9H2,1-2H3,(H,30,31)(H,32,33)/p-1. The van der Waals surface area contributed by atoms with Crippen LogP contribution in [0.2, 0.25) is 0 Å². The van der Waals surface area contributed by atoms with Crippen LogP contribution in [0.4, 0.5) is 4.39 Å². The Morgan fingerprint density at radius 1 is 1.26 bits per heavy atom. The Morgan fingerprint density at radius 2 is 2.06 bits per heavy atom. The first-order chi connectivity index (χ1) is 16.7. The quantitative estimate of drug-likeness (QED) is 0.238. The summed E-state index contributed by atoms with van der Waals surface area (Å²) in [4.78, 5) is 23.1. The Kier molecular flexibility index (Phi) is 6.04. The van der Waals surface area contributed by atoms with Gasteiger partial charge in [-0.1, -0.05) is 37.1 Å². The molecule has 0 fully saturated rings. The van der Waals surface area contributed by atoms with Gasteiger partial charge in [0.1, 0.15) is 11.5 Å². The van der Waals surface area contributed by atoms with Crippen LogP contribution in [0.15, 0.2) is 42.6 Å². The van der Waals surface area contributed by atoms with Crippen LogP contribution in [0.3, 0.4) is 0 Å². The SMILES string of the molecule is CC(C)c1c(-c2cc(F)cc3[nH]ccc23)[nH]c(C(=O)O)c1-c1cccc2nc(CCS(=O)[O-])sc12. The fourth-order valence-corrected chi connectivity index (χ4v) is 6.12. The maximum Gasteiger partial charge on any atom is 0.352 e. The van der Waals surface area contributed by atoms with Crippen molar-refractivity contribution in [3.05, 3.63) is 64.7 Å². The number of aromatic amines is 2. The van der Waals surface area contributed by atoms with Gasteiger partial charge in [0, 0.05) is 46.0 Å². The predicted octanol–water partition coefficient (Wildman–Crippen LogP) is 5.82. The van der Waals surface area contributed by atoms with Crippen LogP contribution in [-0.2, 0) is 17.5 Å². The lowest BCUT2D eigenvalue weighted by Crippen LogP contribution is -2.00. The van der Waals surface area contributed by atoms with Crippen LogP contribution in [0.1, 0.15) is 40.8 Å². The van der Waals surface area contributed by atoms with Gasteiger partial charge in [-0.15, -0.1) is 11.3 Å². The van der Waals surface area contributed by atoms with Gasteiger partial charge in [-0.3, -0.25) is 4.21 Å². The summed E-state index contributed by atoms with van der Waals surface area (Å²) in [6, 6.07) is 10.1. The minimum atomic E-state index is -2.18. The summed E-state index contributed by atoms with van der Waals surface area (Å²) in [7, 11) is 0. The summed E-state index contributed by atoms with van der Waals surface area (Å²) in [5.41, 5.74) is 4.43. The van der Waals surface area contributed by atoms with Crippen molar-refractivity contribution in [3.8, 4) is 22.4 Å². The van der Waals surface area contributed by atoms with E-state index >= 15 is 0 Å². The maximum atomic E-state index is 14.5. The zero-order valence-electron chi connectivity index (χ0n) is 18.8. The summed E-state index contributed by atoms with van der Waals surface area (Å²) in [5.74, 6) is -1.68. The van der Waals surface area contributed by atoms with E-state index < -0.39 is 22.9 Å². The minimum absolute atomic E-state index is 0.0137. The molecule has 35 heavy (non-hydrogen) atoms. The molecule has 2 aromatic carbocycles. The van der Waals surface area contributed by atoms with Gasteiger partial charge >= 0.3 is 5.97 Å². The smallest absolute Gasteiger partial charge is 0.352 e. The molecule has 5 rings (SSSR count). The largest absolute Gasteiger partial charge is 0.772 e. The Hall–Kier alpha value is -3.34. The van der Waals surface area contributed by atoms with E-state index in [1.165, 1.54) is 23.5 Å². The summed E-state index contributed by atoms with van der Waals surface area (Å²) in [6.45, 7) is 3.94. The fourth-order valence-electron chi connectivity index (χ4n) is 4.55. The molecule has 0 aliphatic rings. The third-order valence-electron chi connectivity index (χ3n) is 5.94. The molecule has 0 spiro atoms. The topological polar surface area (TPSA) is 122 Å². The van der Waals surface area contributed by atoms with Crippen molar-refractivity contribution in [2.45, 2.75) is 26.2 Å². The fraction of sp³-hybridized carbons (Fsp3) is 0.200. The van der Waals surface area contributed by atoms with Crippen molar-refractivity contribution < 1.29 is 23.1 Å². The van der Waals surface area contributed by atoms with Gasteiger partial charge in [0.2, 0.25) is 0 Å². The zero-order valence-corrected chi connectivity index (χ0v) is 20.5. The van der Waals surface area contributed by atoms with Gasteiger partial charge in [0.25, 0.3) is 0 Å². The molecule has 0 aliphatic carbocycles. The molecule has 0 saturated heterocycles. The highest BCUT2D eigenvalue weighted by molar-refractivity contribution is 7.79. The highest BCUT2D eigenvalue weighted by Crippen LogP contribution is 2.45. The number of carbonyl (C=O) groups is 1. The van der Waals surface area contributed by atoms with Gasteiger partial charge < -0.3 is 19.6 Å². The zero-order chi connectivity index (χ0) is 24.9. The normalized spacial score (nSPS) is 12.7. The number of carboxylic acid groups (broad SMARTS) is 1. The van der Waals surface area contributed by atoms with E-state index in [4.69, 9.17) is 0 Å². The number of hydrogen-bond donors (Lipinski definition) is 3. The van der Waals surface area contributed by atoms with Gasteiger partial charge in [-0.05, 0) is 35.7 Å². The molecule has 3 N–H and O–H groups in total. The minimum Gasteiger partial charge on any atom is -0.772 e. The van der Waals surface area contributed by atoms with E-state index in [1.54, 1.807) is 6.20 Å². The van der Waals surface area contributed by atoms with Crippen LogP contribution in [0.25, 0.3) is 43.5 Å². The van der Waals surface area contributed by atoms with E-state index in [9.17, 15) is 23.1 Å². The molecule has 180 valence electrons. The molecule has 5 aromatic rings. The average molecular weight is 511 g/mol. The van der Waals surface area contributed by atoms with Crippen LogP contribution < -0.4 is 0 Å². The second-order valence-corrected chi connectivity index (χ2v) is 10.6. The number of fused-ring (bicyclic) bond motifs is 2. The van der Waals surface area contributed by atoms with Crippen molar-refractivity contribution in [2.24, 2.45) is 0 Å². The first-order valence-electron chi connectivity index (χ1n) is 11.0. The summed E-state index contributed by atoms with van der Waals surface area (Å²) < 4.78 is 37.4. The number of aryl methyl sites for hydroxylation is 1. The van der Waals surface area contributed by atoms with Crippen molar-refractivity contribution in [1.29, 1.82) is 0 Å². The lowest BCUT2D eigenvalue weighted by atomic mass is 9.90. The molecule has 7 nitrogen and oxygen atoms in total. The Labute approximate surface area is 206 Å². The summed E-state index contributed by atoms with van der Waals surface area (Å²) in [5, 5.41) is 11.6. The molecule has 0 amide bonds. The summed E-state index contributed by atoms with van der Waals surface area (Å²) >= 11 is -0.819. The number of rotatable bonds is 7. The van der Waals surface area contributed by atoms with Crippen molar-refractivity contribution >= 4 is 49.5 Å². The molecule has 10 heteroatoms. The second-order valence-electron chi connectivity index (χ2n) is 8.54. The number of carboxylic acids is 1. The molecule has 0 aliphatic heterocycles. The number of hydrogen-bond acceptors (Lipinski definition) is 5. The monoisotopic (exact) mass is 510 g/mol. The van der Waals surface area contributed by atoms with Crippen LogP contribution in [-0.4, -0.2) is 40.5 Å². The van der Waals surface area contributed by atoms with Crippen molar-refractivity contribution in [1.82, 2.24) is 15.0 Å². The lowest BCUT2D eigenvalue weighted by Gasteiger charge is -2.13. The van der Waals surface area contributed by atoms with Gasteiger partial charge in [-0.2, -0.15) is 0 Å². The second kappa shape index (κ2) is 9.03. The summed E-state index contributed by atoms with van der Waals surface area (Å²) in [6.07, 6.45) is 2.00. The third kappa shape index (κ3) is 4.18. The Morgan fingerprint density at radius 3 is 2.77 bits per heavy atom. The molecular weight excluding hydrogens is 489 g/mol. The molecular formula is C25H21FN3O4S2-. The van der Waals surface area contributed by atoms with Gasteiger partial charge in [0.15, 0.2) is 0 Å². The van der Waals surface area contributed by atoms with Crippen LogP contribution in [0.5, 0.6) is 0 Å². The van der Waals surface area contributed by atoms with Crippen LogP contribution >= 0.6 is 11.3 Å². The number of nitrogens with zero attached hydrogens (tertiary/aromatic N) is 1. The number of halogens is 1. The maximum absolute atomic E-state index is 14.5. The first-order valence-corrected chi connectivity index (χ1v) is 13.0. The van der Waals surface area contributed by atoms with Gasteiger partial charge in [-0.25, -0.2) is 14.2 Å². The number of thiazole rings is 1. The Balaban J connectivity index is 1.80. The van der Waals surface area contributed by atoms with E-state index in [0.29, 0.717) is 38.4 Å². The first kappa shape index (κ1) is 23.4. The number of aromatic nitrogens is 3. The van der Waals surface area contributed by atoms with E-state index in [0.717, 1.165) is 15.6 Å². The predicted molar refractivity (Wildman–Crippen MR) is 135 cm³/mol. The molecule has 3 aromatic heterocycles. The number of H-pyrrole nitrogens is 2. The number of nitrogens with one attached hydrogen (secondary N) is 2. The molecule has 0 saturated carbocycles. The van der Waals surface area contributed by atoms with Gasteiger partial charge in [0.05, 0.1) is 20.9 Å². The van der Waals surface area contributed by atoms with Crippen molar-refractivity contribution in [2.75, 3.05) is 5.75 Å². The highest BCUT2D eigenvalue weighted by Gasteiger charge is 2.28. The van der Waals surface area contributed by atoms with E-state index in [2.05, 4.69) is 15.0 Å². The van der Waals surface area contributed by atoms with E-state index in [1.807, 2.05) is 38.1 Å². The van der Waals surface area contributed by atoms with Crippen LogP contribution in [0, 0.1) is 5.82 Å². The van der Waals surface area contributed by atoms with Crippen molar-refractivity contribution in [3.63, 3.8) is 0 Å². The Bertz CT molecular complexity index is 1620. The average Bonchev–Trinajstić information content (AvgIpc) is 3.52. The molecule has 1 unspecified atom stereocenters. The molecule has 1 atom stereocenters. The molecule has 3 heterocycles. The third-order valence-corrected chi connectivity index (χ3v) is 7.65. The van der Waals surface area contributed by atoms with E-state index in [-0.39, 0.29) is 23.8 Å². The molecule has 0 bridgehead atoms. The number of aromatic carboxylic acids is 1.